The second-order valence-electron chi connectivity index (χ2n) is 3.65. The molecule has 1 aliphatic heterocycles. The lowest BCUT2D eigenvalue weighted by molar-refractivity contribution is -0.141. The Morgan fingerprint density at radius 3 is 2.62 bits per heavy atom. The minimum absolute atomic E-state index is 0.134. The van der Waals surface area contributed by atoms with Gasteiger partial charge in [-0.05, 0) is 26.0 Å². The normalized spacial score (nSPS) is 20.3. The van der Waals surface area contributed by atoms with Crippen molar-refractivity contribution in [3.8, 4) is 0 Å². The van der Waals surface area contributed by atoms with Crippen LogP contribution in [0.25, 0.3) is 0 Å². The SMILES string of the molecule is CCOC(CNC(=O)C1CCSC1)OCC. The predicted molar refractivity (Wildman–Crippen MR) is 65.5 cm³/mol. The zero-order valence-corrected chi connectivity index (χ0v) is 10.8. The molecule has 0 aromatic heterocycles. The number of carbonyl (C=O) groups is 1. The van der Waals surface area contributed by atoms with Crippen LogP contribution in [0.1, 0.15) is 20.3 Å². The summed E-state index contributed by atoms with van der Waals surface area (Å²) in [5.74, 6) is 2.35. The van der Waals surface area contributed by atoms with E-state index in [2.05, 4.69) is 5.32 Å². The van der Waals surface area contributed by atoms with E-state index in [0.29, 0.717) is 19.8 Å². The van der Waals surface area contributed by atoms with Gasteiger partial charge in [0.15, 0.2) is 6.29 Å². The number of hydrogen-bond acceptors (Lipinski definition) is 4. The Labute approximate surface area is 101 Å². The largest absolute Gasteiger partial charge is 0.351 e. The van der Waals surface area contributed by atoms with Crippen LogP contribution in [0.4, 0.5) is 0 Å². The van der Waals surface area contributed by atoms with Crippen LogP contribution in [0.3, 0.4) is 0 Å². The summed E-state index contributed by atoms with van der Waals surface area (Å²) in [6.07, 6.45) is 0.678. The number of amides is 1. The molecule has 1 rings (SSSR count). The van der Waals surface area contributed by atoms with Gasteiger partial charge in [-0.3, -0.25) is 4.79 Å². The summed E-state index contributed by atoms with van der Waals surface area (Å²) in [5, 5.41) is 2.89. The van der Waals surface area contributed by atoms with Gasteiger partial charge in [0, 0.05) is 24.9 Å². The van der Waals surface area contributed by atoms with Crippen LogP contribution in [-0.2, 0) is 14.3 Å². The highest BCUT2D eigenvalue weighted by molar-refractivity contribution is 7.99. The Balaban J connectivity index is 2.21. The quantitative estimate of drug-likeness (QED) is 0.688. The summed E-state index contributed by atoms with van der Waals surface area (Å²) in [6, 6.07) is 0. The number of rotatable bonds is 7. The molecule has 94 valence electrons. The van der Waals surface area contributed by atoms with E-state index in [1.165, 1.54) is 0 Å². The van der Waals surface area contributed by atoms with Gasteiger partial charge < -0.3 is 14.8 Å². The smallest absolute Gasteiger partial charge is 0.224 e. The van der Waals surface area contributed by atoms with Crippen LogP contribution in [0.5, 0.6) is 0 Å². The van der Waals surface area contributed by atoms with E-state index in [1.54, 1.807) is 0 Å². The minimum atomic E-state index is -0.312. The van der Waals surface area contributed by atoms with Crippen molar-refractivity contribution in [1.29, 1.82) is 0 Å². The standard InChI is InChI=1S/C11H21NO3S/c1-3-14-10(15-4-2)7-12-11(13)9-5-6-16-8-9/h9-10H,3-8H2,1-2H3,(H,12,13). The van der Waals surface area contributed by atoms with Crippen LogP contribution < -0.4 is 5.32 Å². The molecule has 0 saturated carbocycles. The molecule has 1 aliphatic rings. The lowest BCUT2D eigenvalue weighted by Crippen LogP contribution is -2.38. The van der Waals surface area contributed by atoms with Crippen molar-refractivity contribution >= 4 is 17.7 Å². The fourth-order valence-corrected chi connectivity index (χ4v) is 2.83. The molecular weight excluding hydrogens is 226 g/mol. The number of nitrogens with one attached hydrogen (secondary N) is 1. The molecule has 1 unspecified atom stereocenters. The van der Waals surface area contributed by atoms with Crippen LogP contribution >= 0.6 is 11.8 Å². The van der Waals surface area contributed by atoms with Crippen molar-refractivity contribution < 1.29 is 14.3 Å². The second-order valence-corrected chi connectivity index (χ2v) is 4.80. The van der Waals surface area contributed by atoms with Gasteiger partial charge in [-0.1, -0.05) is 0 Å². The average Bonchev–Trinajstić information content (AvgIpc) is 2.79. The maximum Gasteiger partial charge on any atom is 0.224 e. The summed E-state index contributed by atoms with van der Waals surface area (Å²) in [4.78, 5) is 11.7. The number of thioether (sulfide) groups is 1. The summed E-state index contributed by atoms with van der Waals surface area (Å²) in [6.45, 7) is 5.48. The topological polar surface area (TPSA) is 47.6 Å². The third kappa shape index (κ3) is 4.72. The monoisotopic (exact) mass is 247 g/mol. The summed E-state index contributed by atoms with van der Waals surface area (Å²) in [7, 11) is 0. The van der Waals surface area contributed by atoms with Gasteiger partial charge in [-0.2, -0.15) is 11.8 Å². The van der Waals surface area contributed by atoms with E-state index in [1.807, 2.05) is 25.6 Å². The van der Waals surface area contributed by atoms with Gasteiger partial charge in [0.25, 0.3) is 0 Å². The van der Waals surface area contributed by atoms with Crippen LogP contribution in [-0.4, -0.2) is 43.5 Å². The highest BCUT2D eigenvalue weighted by Gasteiger charge is 2.23. The highest BCUT2D eigenvalue weighted by Crippen LogP contribution is 2.23. The third-order valence-electron chi connectivity index (χ3n) is 2.45. The van der Waals surface area contributed by atoms with Crippen LogP contribution in [0.15, 0.2) is 0 Å². The van der Waals surface area contributed by atoms with Gasteiger partial charge >= 0.3 is 0 Å². The molecule has 0 aromatic rings. The molecule has 1 saturated heterocycles. The molecule has 4 nitrogen and oxygen atoms in total. The van der Waals surface area contributed by atoms with E-state index in [-0.39, 0.29) is 18.1 Å². The van der Waals surface area contributed by atoms with E-state index in [9.17, 15) is 4.79 Å². The molecule has 0 bridgehead atoms. The fourth-order valence-electron chi connectivity index (χ4n) is 1.61. The van der Waals surface area contributed by atoms with Gasteiger partial charge in [-0.25, -0.2) is 0 Å². The molecule has 1 atom stereocenters. The molecule has 1 fully saturated rings. The molecule has 1 heterocycles. The highest BCUT2D eigenvalue weighted by atomic mass is 32.2. The summed E-state index contributed by atoms with van der Waals surface area (Å²) >= 11 is 1.84. The number of carbonyl (C=O) groups excluding carboxylic acids is 1. The van der Waals surface area contributed by atoms with E-state index < -0.39 is 0 Å². The first-order valence-electron chi connectivity index (χ1n) is 5.86. The van der Waals surface area contributed by atoms with Gasteiger partial charge in [0.05, 0.1) is 6.54 Å². The van der Waals surface area contributed by atoms with Gasteiger partial charge in [0.2, 0.25) is 5.91 Å². The molecule has 16 heavy (non-hydrogen) atoms. The number of ether oxygens (including phenoxy) is 2. The van der Waals surface area contributed by atoms with Crippen molar-refractivity contribution in [3.63, 3.8) is 0 Å². The maximum atomic E-state index is 11.7. The molecule has 0 spiro atoms. The molecule has 0 aliphatic carbocycles. The lowest BCUT2D eigenvalue weighted by Gasteiger charge is -2.18. The maximum absolute atomic E-state index is 11.7. The van der Waals surface area contributed by atoms with Gasteiger partial charge in [-0.15, -0.1) is 0 Å². The van der Waals surface area contributed by atoms with Crippen molar-refractivity contribution in [1.82, 2.24) is 5.32 Å². The lowest BCUT2D eigenvalue weighted by atomic mass is 10.1. The third-order valence-corrected chi connectivity index (χ3v) is 3.61. The van der Waals surface area contributed by atoms with E-state index >= 15 is 0 Å². The first-order valence-corrected chi connectivity index (χ1v) is 7.02. The molecule has 5 heteroatoms. The first kappa shape index (κ1) is 13.8. The van der Waals surface area contributed by atoms with Crippen molar-refractivity contribution in [2.24, 2.45) is 5.92 Å². The van der Waals surface area contributed by atoms with Crippen LogP contribution in [0, 0.1) is 5.92 Å². The Kier molecular flexibility index (Phi) is 6.84. The van der Waals surface area contributed by atoms with Crippen LogP contribution in [0.2, 0.25) is 0 Å². The Morgan fingerprint density at radius 2 is 2.12 bits per heavy atom. The predicted octanol–water partition coefficient (Wildman–Crippen LogP) is 1.25. The van der Waals surface area contributed by atoms with Crippen molar-refractivity contribution in [2.75, 3.05) is 31.3 Å². The average molecular weight is 247 g/mol. The Bertz CT molecular complexity index is 201. The first-order chi connectivity index (χ1) is 7.77. The summed E-state index contributed by atoms with van der Waals surface area (Å²) in [5.41, 5.74) is 0. The fraction of sp³-hybridized carbons (Fsp3) is 0.909. The second kappa shape index (κ2) is 7.92. The molecule has 0 radical (unpaired) electrons. The van der Waals surface area contributed by atoms with E-state index in [4.69, 9.17) is 9.47 Å². The van der Waals surface area contributed by atoms with Crippen molar-refractivity contribution in [3.05, 3.63) is 0 Å². The molecular formula is C11H21NO3S. The molecule has 0 aromatic carbocycles. The number of hydrogen-bond donors (Lipinski definition) is 1. The zero-order valence-electron chi connectivity index (χ0n) is 10.0. The zero-order chi connectivity index (χ0) is 11.8. The van der Waals surface area contributed by atoms with Gasteiger partial charge in [0.1, 0.15) is 0 Å². The molecule has 1 N–H and O–H groups in total. The minimum Gasteiger partial charge on any atom is -0.351 e. The Morgan fingerprint density at radius 1 is 1.44 bits per heavy atom. The summed E-state index contributed by atoms with van der Waals surface area (Å²) < 4.78 is 10.7. The Hall–Kier alpha value is -0.260. The van der Waals surface area contributed by atoms with E-state index in [0.717, 1.165) is 17.9 Å². The molecule has 1 amide bonds. The van der Waals surface area contributed by atoms with Crippen molar-refractivity contribution in [2.45, 2.75) is 26.6 Å².